The molecule has 0 unspecified atom stereocenters. The van der Waals surface area contributed by atoms with Gasteiger partial charge >= 0.3 is 0 Å². The van der Waals surface area contributed by atoms with Crippen LogP contribution in [0.25, 0.3) is 11.4 Å². The molecule has 1 saturated heterocycles. The summed E-state index contributed by atoms with van der Waals surface area (Å²) in [6.45, 7) is 8.07. The summed E-state index contributed by atoms with van der Waals surface area (Å²) >= 11 is 0. The molecule has 2 aliphatic rings. The van der Waals surface area contributed by atoms with E-state index in [2.05, 4.69) is 20.5 Å². The van der Waals surface area contributed by atoms with Crippen molar-refractivity contribution < 1.29 is 14.1 Å². The van der Waals surface area contributed by atoms with Crippen molar-refractivity contribution in [3.8, 4) is 11.4 Å². The van der Waals surface area contributed by atoms with E-state index in [9.17, 15) is 9.59 Å². The second-order valence-corrected chi connectivity index (χ2v) is 8.28. The number of amides is 2. The highest BCUT2D eigenvalue weighted by Gasteiger charge is 2.55. The van der Waals surface area contributed by atoms with E-state index in [-0.39, 0.29) is 18.4 Å². The molecule has 2 atom stereocenters. The lowest BCUT2D eigenvalue weighted by Gasteiger charge is -2.19. The molecule has 0 aliphatic carbocycles. The number of anilines is 1. The number of rotatable bonds is 4. The Morgan fingerprint density at radius 1 is 0.906 bits per heavy atom. The summed E-state index contributed by atoms with van der Waals surface area (Å²) in [7, 11) is 0. The van der Waals surface area contributed by atoms with E-state index in [1.54, 1.807) is 6.07 Å². The number of hydrogen-bond acceptors (Lipinski definition) is 8. The average molecular weight is 430 g/mol. The Labute approximate surface area is 184 Å². The summed E-state index contributed by atoms with van der Waals surface area (Å²) in [5, 5.41) is 13.6. The Kier molecular flexibility index (Phi) is 4.61. The van der Waals surface area contributed by atoms with E-state index >= 15 is 0 Å². The van der Waals surface area contributed by atoms with Gasteiger partial charge in [-0.05, 0) is 68.1 Å². The smallest absolute Gasteiger partial charge is 0.263 e. The molecule has 2 aromatic carbocycles. The number of hydrogen-bond donors (Lipinski definition) is 0. The van der Waals surface area contributed by atoms with Crippen molar-refractivity contribution in [1.82, 2.24) is 15.1 Å². The summed E-state index contributed by atoms with van der Waals surface area (Å²) in [6.07, 6.45) is 0. The molecule has 3 heterocycles. The minimum atomic E-state index is -0.869. The van der Waals surface area contributed by atoms with Gasteiger partial charge in [0.1, 0.15) is 6.54 Å². The minimum Gasteiger partial charge on any atom is -0.337 e. The number of benzene rings is 2. The summed E-state index contributed by atoms with van der Waals surface area (Å²) in [4.78, 5) is 31.7. The zero-order valence-electron chi connectivity index (χ0n) is 18.2. The quantitative estimate of drug-likeness (QED) is 0.587. The van der Waals surface area contributed by atoms with Crippen LogP contribution in [-0.2, 0) is 16.1 Å². The Balaban J connectivity index is 1.37. The van der Waals surface area contributed by atoms with Gasteiger partial charge in [-0.3, -0.25) is 14.6 Å². The molecule has 0 saturated carbocycles. The first kappa shape index (κ1) is 20.0. The highest BCUT2D eigenvalue weighted by molar-refractivity contribution is 6.25. The minimum absolute atomic E-state index is 0.0856. The molecule has 0 radical (unpaired) electrons. The van der Waals surface area contributed by atoms with Crippen molar-refractivity contribution in [3.05, 3.63) is 64.5 Å². The Morgan fingerprint density at radius 2 is 1.62 bits per heavy atom. The number of carbonyl (C=O) groups excluding carboxylic acids is 2. The van der Waals surface area contributed by atoms with Crippen LogP contribution in [0.4, 0.5) is 5.69 Å². The zero-order chi connectivity index (χ0) is 22.6. The molecule has 1 fully saturated rings. The molecule has 3 aromatic rings. The van der Waals surface area contributed by atoms with Crippen LogP contribution in [0.1, 0.15) is 28.1 Å². The summed E-state index contributed by atoms with van der Waals surface area (Å²) in [6, 6.07) is 9.75. The summed E-state index contributed by atoms with van der Waals surface area (Å²) < 4.78 is 5.39. The van der Waals surface area contributed by atoms with Gasteiger partial charge in [0.25, 0.3) is 11.8 Å². The standard InChI is InChI=1S/C23H22N6O3/c1-12-5-7-16(9-14(12)3)21-24-18(32-26-21)11-28-20-19(25-27-28)22(30)29(23(20)31)17-8-6-13(2)15(4)10-17/h5-10,19-20H,11H2,1-4H3/t19-,20+/m1/s1. The first-order valence-corrected chi connectivity index (χ1v) is 10.4. The second-order valence-electron chi connectivity index (χ2n) is 8.28. The van der Waals surface area contributed by atoms with Crippen molar-refractivity contribution in [2.75, 3.05) is 4.90 Å². The summed E-state index contributed by atoms with van der Waals surface area (Å²) in [5.41, 5.74) is 5.79. The van der Waals surface area contributed by atoms with Crippen molar-refractivity contribution in [2.24, 2.45) is 10.3 Å². The molecular formula is C23H22N6O3. The molecule has 9 nitrogen and oxygen atoms in total. The topological polar surface area (TPSA) is 104 Å². The van der Waals surface area contributed by atoms with E-state index in [1.165, 1.54) is 15.5 Å². The Morgan fingerprint density at radius 3 is 2.34 bits per heavy atom. The van der Waals surface area contributed by atoms with Crippen LogP contribution < -0.4 is 4.90 Å². The number of aryl methyl sites for hydroxylation is 4. The molecule has 2 amide bonds. The van der Waals surface area contributed by atoms with Gasteiger partial charge in [-0.1, -0.05) is 28.6 Å². The first-order valence-electron chi connectivity index (χ1n) is 10.4. The largest absolute Gasteiger partial charge is 0.337 e. The molecular weight excluding hydrogens is 408 g/mol. The van der Waals surface area contributed by atoms with Gasteiger partial charge in [-0.2, -0.15) is 10.1 Å². The van der Waals surface area contributed by atoms with Crippen LogP contribution in [0, 0.1) is 27.7 Å². The third-order valence-electron chi connectivity index (χ3n) is 6.14. The molecule has 9 heteroatoms. The number of fused-ring (bicyclic) bond motifs is 1. The van der Waals surface area contributed by atoms with Crippen molar-refractivity contribution >= 4 is 17.5 Å². The van der Waals surface area contributed by atoms with Crippen LogP contribution >= 0.6 is 0 Å². The van der Waals surface area contributed by atoms with Crippen molar-refractivity contribution in [3.63, 3.8) is 0 Å². The van der Waals surface area contributed by atoms with E-state index in [0.29, 0.717) is 17.4 Å². The molecule has 162 valence electrons. The third kappa shape index (κ3) is 3.17. The maximum absolute atomic E-state index is 13.2. The van der Waals surface area contributed by atoms with Gasteiger partial charge < -0.3 is 4.52 Å². The Bertz CT molecular complexity index is 1280. The van der Waals surface area contributed by atoms with Gasteiger partial charge in [0.15, 0.2) is 12.1 Å². The van der Waals surface area contributed by atoms with Crippen molar-refractivity contribution in [1.29, 1.82) is 0 Å². The predicted octanol–water partition coefficient (Wildman–Crippen LogP) is 3.46. The van der Waals surface area contributed by atoms with Gasteiger partial charge in [0.2, 0.25) is 11.7 Å². The fraction of sp³-hybridized carbons (Fsp3) is 0.304. The zero-order valence-corrected chi connectivity index (χ0v) is 18.2. The Hall–Kier alpha value is -3.88. The number of carbonyl (C=O) groups is 2. The number of nitrogens with zero attached hydrogens (tertiary/aromatic N) is 6. The monoisotopic (exact) mass is 430 g/mol. The van der Waals surface area contributed by atoms with Gasteiger partial charge in [-0.25, -0.2) is 4.90 Å². The molecule has 0 bridgehead atoms. The fourth-order valence-electron chi connectivity index (χ4n) is 3.93. The summed E-state index contributed by atoms with van der Waals surface area (Å²) in [5.74, 6) is 0.0158. The second kappa shape index (κ2) is 7.37. The van der Waals surface area contributed by atoms with Crippen LogP contribution in [0.3, 0.4) is 0 Å². The lowest BCUT2D eigenvalue weighted by atomic mass is 10.1. The number of aromatic nitrogens is 2. The average Bonchev–Trinajstić information content (AvgIpc) is 3.45. The highest BCUT2D eigenvalue weighted by atomic mass is 16.5. The SMILES string of the molecule is Cc1ccc(-c2noc(CN3N=N[C@H]4C(=O)N(c5ccc(C)c(C)c5)C(=O)[C@H]43)n2)cc1C. The molecule has 1 aromatic heterocycles. The van der Waals surface area contributed by atoms with Crippen LogP contribution in [0.5, 0.6) is 0 Å². The lowest BCUT2D eigenvalue weighted by molar-refractivity contribution is -0.123. The van der Waals surface area contributed by atoms with Gasteiger partial charge in [0.05, 0.1) is 5.69 Å². The molecule has 5 rings (SSSR count). The maximum atomic E-state index is 13.2. The normalized spacial score (nSPS) is 19.9. The van der Waals surface area contributed by atoms with Crippen LogP contribution in [-0.4, -0.2) is 39.0 Å². The first-order chi connectivity index (χ1) is 15.3. The van der Waals surface area contributed by atoms with Crippen molar-refractivity contribution in [2.45, 2.75) is 46.3 Å². The fourth-order valence-corrected chi connectivity index (χ4v) is 3.93. The van der Waals surface area contributed by atoms with Gasteiger partial charge in [-0.15, -0.1) is 0 Å². The number of imide groups is 1. The van der Waals surface area contributed by atoms with E-state index in [4.69, 9.17) is 4.52 Å². The lowest BCUT2D eigenvalue weighted by Crippen LogP contribution is -2.39. The third-order valence-corrected chi connectivity index (χ3v) is 6.14. The van der Waals surface area contributed by atoms with E-state index in [1.807, 2.05) is 58.0 Å². The predicted molar refractivity (Wildman–Crippen MR) is 116 cm³/mol. The van der Waals surface area contributed by atoms with E-state index < -0.39 is 12.1 Å². The molecule has 32 heavy (non-hydrogen) atoms. The van der Waals surface area contributed by atoms with Gasteiger partial charge in [0, 0.05) is 5.56 Å². The molecule has 0 spiro atoms. The highest BCUT2D eigenvalue weighted by Crippen LogP contribution is 2.33. The maximum Gasteiger partial charge on any atom is 0.263 e. The molecule has 0 N–H and O–H groups in total. The molecule has 2 aliphatic heterocycles. The van der Waals surface area contributed by atoms with Crippen LogP contribution in [0.15, 0.2) is 51.3 Å². The van der Waals surface area contributed by atoms with E-state index in [0.717, 1.165) is 22.3 Å². The van der Waals surface area contributed by atoms with Crippen LogP contribution in [0.2, 0.25) is 0 Å².